The Labute approximate surface area is 215 Å². The van der Waals surface area contributed by atoms with Crippen molar-refractivity contribution in [1.29, 1.82) is 5.26 Å². The minimum Gasteiger partial charge on any atom is -0.452 e. The average Bonchev–Trinajstić information content (AvgIpc) is 3.46. The minimum atomic E-state index is -0.609. The van der Waals surface area contributed by atoms with Gasteiger partial charge in [-0.2, -0.15) is 5.26 Å². The number of esters is 1. The van der Waals surface area contributed by atoms with E-state index in [2.05, 4.69) is 27.6 Å². The first-order valence-corrected chi connectivity index (χ1v) is 13.2. The second-order valence-corrected chi connectivity index (χ2v) is 9.92. The van der Waals surface area contributed by atoms with Gasteiger partial charge >= 0.3 is 5.97 Å². The van der Waals surface area contributed by atoms with Gasteiger partial charge in [-0.3, -0.25) is 9.36 Å². The highest BCUT2D eigenvalue weighted by Gasteiger charge is 2.25. The van der Waals surface area contributed by atoms with E-state index in [9.17, 15) is 14.9 Å². The summed E-state index contributed by atoms with van der Waals surface area (Å²) < 4.78 is 7.12. The lowest BCUT2D eigenvalue weighted by atomic mass is 9.90. The van der Waals surface area contributed by atoms with Crippen molar-refractivity contribution in [2.75, 3.05) is 18.2 Å². The number of aryl methyl sites for hydroxylation is 2. The van der Waals surface area contributed by atoms with Crippen molar-refractivity contribution in [3.8, 4) is 22.2 Å². The zero-order chi connectivity index (χ0) is 25.2. The number of nitrogens with zero attached hydrogens (tertiary/aromatic N) is 4. The predicted molar refractivity (Wildman–Crippen MR) is 139 cm³/mol. The highest BCUT2D eigenvalue weighted by molar-refractivity contribution is 7.98. The number of aromatic nitrogens is 3. The third kappa shape index (κ3) is 4.39. The Balaban J connectivity index is 1.25. The second kappa shape index (κ2) is 9.97. The molecule has 5 rings (SSSR count). The number of carbonyl (C=O) groups excluding carboxylic acids is 2. The number of fused-ring (bicyclic) bond motifs is 3. The van der Waals surface area contributed by atoms with E-state index >= 15 is 0 Å². The maximum atomic E-state index is 12.6. The van der Waals surface area contributed by atoms with Gasteiger partial charge in [0.15, 0.2) is 11.8 Å². The summed E-state index contributed by atoms with van der Waals surface area (Å²) in [6, 6.07) is 17.2. The lowest BCUT2D eigenvalue weighted by Gasteiger charge is -2.15. The molecule has 2 aromatic heterocycles. The molecular formula is C26H21N5O3S2. The smallest absolute Gasteiger partial charge is 0.338 e. The van der Waals surface area contributed by atoms with Crippen molar-refractivity contribution >= 4 is 40.0 Å². The summed E-state index contributed by atoms with van der Waals surface area (Å²) in [5, 5.41) is 21.9. The number of thioether (sulfide) groups is 1. The number of nitriles is 1. The van der Waals surface area contributed by atoms with Gasteiger partial charge in [-0.1, -0.05) is 36.0 Å². The van der Waals surface area contributed by atoms with E-state index in [-0.39, 0.29) is 0 Å². The SMILES string of the molecule is CSc1nnc(C)n1-c1ccc(C(=O)OCC(=O)Nc2sc3c(c2C#N)CCc2ccccc2-3)cc1. The van der Waals surface area contributed by atoms with E-state index in [1.54, 1.807) is 24.3 Å². The Morgan fingerprint density at radius 2 is 1.94 bits per heavy atom. The van der Waals surface area contributed by atoms with Crippen LogP contribution in [0.5, 0.6) is 0 Å². The Bertz CT molecular complexity index is 1520. The van der Waals surface area contributed by atoms with E-state index in [1.165, 1.54) is 28.7 Å². The van der Waals surface area contributed by atoms with Gasteiger partial charge in [0.25, 0.3) is 5.91 Å². The van der Waals surface area contributed by atoms with Crippen LogP contribution in [0.2, 0.25) is 0 Å². The van der Waals surface area contributed by atoms with Gasteiger partial charge in [0.2, 0.25) is 0 Å². The van der Waals surface area contributed by atoms with Crippen LogP contribution in [-0.2, 0) is 22.4 Å². The van der Waals surface area contributed by atoms with Crippen molar-refractivity contribution in [2.24, 2.45) is 0 Å². The fourth-order valence-electron chi connectivity index (χ4n) is 4.24. The zero-order valence-electron chi connectivity index (χ0n) is 19.6. The number of hydrogen-bond donors (Lipinski definition) is 1. The van der Waals surface area contributed by atoms with Crippen LogP contribution < -0.4 is 5.32 Å². The number of rotatable bonds is 6. The van der Waals surface area contributed by atoms with E-state index in [0.29, 0.717) is 16.1 Å². The number of anilines is 1. The average molecular weight is 516 g/mol. The van der Waals surface area contributed by atoms with Crippen LogP contribution in [0.25, 0.3) is 16.1 Å². The van der Waals surface area contributed by atoms with E-state index in [0.717, 1.165) is 45.5 Å². The van der Waals surface area contributed by atoms with Gasteiger partial charge in [0.05, 0.1) is 11.1 Å². The van der Waals surface area contributed by atoms with E-state index < -0.39 is 18.5 Å². The Hall–Kier alpha value is -3.94. The van der Waals surface area contributed by atoms with Crippen LogP contribution in [-0.4, -0.2) is 39.5 Å². The summed E-state index contributed by atoms with van der Waals surface area (Å²) in [6.07, 6.45) is 3.52. The Kier molecular flexibility index (Phi) is 6.59. The number of benzene rings is 2. The Morgan fingerprint density at radius 1 is 1.17 bits per heavy atom. The van der Waals surface area contributed by atoms with Crippen LogP contribution in [0, 0.1) is 18.3 Å². The lowest BCUT2D eigenvalue weighted by molar-refractivity contribution is -0.119. The van der Waals surface area contributed by atoms with Crippen molar-refractivity contribution < 1.29 is 14.3 Å². The molecule has 1 amide bonds. The molecule has 4 aromatic rings. The molecule has 0 spiro atoms. The van der Waals surface area contributed by atoms with Crippen molar-refractivity contribution in [2.45, 2.75) is 24.9 Å². The molecule has 1 aliphatic rings. The highest BCUT2D eigenvalue weighted by atomic mass is 32.2. The second-order valence-electron chi connectivity index (χ2n) is 8.12. The van der Waals surface area contributed by atoms with Gasteiger partial charge in [0.1, 0.15) is 16.9 Å². The largest absolute Gasteiger partial charge is 0.452 e. The molecule has 1 aliphatic carbocycles. The van der Waals surface area contributed by atoms with E-state index in [4.69, 9.17) is 4.74 Å². The molecule has 2 aromatic carbocycles. The van der Waals surface area contributed by atoms with Crippen LogP contribution >= 0.6 is 23.1 Å². The zero-order valence-corrected chi connectivity index (χ0v) is 21.2. The molecule has 180 valence electrons. The van der Waals surface area contributed by atoms with Crippen molar-refractivity contribution in [3.63, 3.8) is 0 Å². The fourth-order valence-corrected chi connectivity index (χ4v) is 6.06. The first-order chi connectivity index (χ1) is 17.5. The lowest BCUT2D eigenvalue weighted by Crippen LogP contribution is -2.21. The molecule has 0 saturated carbocycles. The molecule has 10 heteroatoms. The molecule has 0 fully saturated rings. The van der Waals surface area contributed by atoms with Gasteiger partial charge in [-0.25, -0.2) is 4.79 Å². The van der Waals surface area contributed by atoms with Gasteiger partial charge < -0.3 is 10.1 Å². The first kappa shape index (κ1) is 23.8. The summed E-state index contributed by atoms with van der Waals surface area (Å²) in [5.74, 6) is -0.364. The first-order valence-electron chi connectivity index (χ1n) is 11.2. The van der Waals surface area contributed by atoms with Crippen LogP contribution in [0.4, 0.5) is 5.00 Å². The molecule has 1 N–H and O–H groups in total. The van der Waals surface area contributed by atoms with E-state index in [1.807, 2.05) is 35.9 Å². The summed E-state index contributed by atoms with van der Waals surface area (Å²) in [7, 11) is 0. The standard InChI is InChI=1S/C26H21N5O3S2/c1-15-29-30-26(35-2)31(15)18-10-7-17(8-11-18)25(33)34-14-22(32)28-24-21(13-27)20-12-9-16-5-3-4-6-19(16)23(20)36-24/h3-8,10-11H,9,12,14H2,1-2H3,(H,28,32). The minimum absolute atomic E-state index is 0.323. The number of hydrogen-bond acceptors (Lipinski definition) is 8. The summed E-state index contributed by atoms with van der Waals surface area (Å²) in [4.78, 5) is 26.1. The van der Waals surface area contributed by atoms with Crippen LogP contribution in [0.1, 0.15) is 32.9 Å². The van der Waals surface area contributed by atoms with Crippen molar-refractivity contribution in [3.05, 3.63) is 76.6 Å². The maximum absolute atomic E-state index is 12.6. The summed E-state index contributed by atoms with van der Waals surface area (Å²) in [6.45, 7) is 1.40. The molecule has 2 heterocycles. The normalized spacial score (nSPS) is 11.8. The summed E-state index contributed by atoms with van der Waals surface area (Å²) in [5.41, 5.74) is 4.92. The van der Waals surface area contributed by atoms with Gasteiger partial charge in [-0.15, -0.1) is 21.5 Å². The molecule has 8 nitrogen and oxygen atoms in total. The van der Waals surface area contributed by atoms with Gasteiger partial charge in [-0.05, 0) is 67.0 Å². The van der Waals surface area contributed by atoms with Crippen molar-refractivity contribution in [1.82, 2.24) is 14.8 Å². The number of ether oxygens (including phenoxy) is 1. The maximum Gasteiger partial charge on any atom is 0.338 e. The number of carbonyl (C=O) groups is 2. The fraction of sp³-hybridized carbons (Fsp3) is 0.192. The topological polar surface area (TPSA) is 110 Å². The molecule has 36 heavy (non-hydrogen) atoms. The monoisotopic (exact) mass is 515 g/mol. The molecule has 0 bridgehead atoms. The van der Waals surface area contributed by atoms with Gasteiger partial charge in [0, 0.05) is 10.6 Å². The molecule has 0 unspecified atom stereocenters. The molecule has 0 saturated heterocycles. The Morgan fingerprint density at radius 3 is 2.69 bits per heavy atom. The van der Waals surface area contributed by atoms with Crippen LogP contribution in [0.15, 0.2) is 53.7 Å². The summed E-state index contributed by atoms with van der Waals surface area (Å²) >= 11 is 2.86. The molecular weight excluding hydrogens is 494 g/mol. The molecule has 0 atom stereocenters. The highest BCUT2D eigenvalue weighted by Crippen LogP contribution is 2.44. The molecule has 0 radical (unpaired) electrons. The van der Waals surface area contributed by atoms with Crippen LogP contribution in [0.3, 0.4) is 0 Å². The predicted octanol–water partition coefficient (Wildman–Crippen LogP) is 4.79. The third-order valence-corrected chi connectivity index (χ3v) is 7.76. The number of thiophene rings is 1. The third-order valence-electron chi connectivity index (χ3n) is 5.95. The quantitative estimate of drug-likeness (QED) is 0.290. The molecule has 0 aliphatic heterocycles. The number of amides is 1. The number of nitrogens with one attached hydrogen (secondary N) is 1.